The lowest BCUT2D eigenvalue weighted by Crippen LogP contribution is -2.02. The lowest BCUT2D eigenvalue weighted by molar-refractivity contribution is 0.0504. The summed E-state index contributed by atoms with van der Waals surface area (Å²) in [5, 5.41) is 0. The molecule has 0 bridgehead atoms. The summed E-state index contributed by atoms with van der Waals surface area (Å²) in [5.74, 6) is 0.925. The van der Waals surface area contributed by atoms with E-state index in [0.717, 1.165) is 17.7 Å². The van der Waals surface area contributed by atoms with E-state index in [1.165, 1.54) is 24.8 Å². The van der Waals surface area contributed by atoms with Gasteiger partial charge in [0.25, 0.3) is 0 Å². The second-order valence-corrected chi connectivity index (χ2v) is 4.08. The molecule has 0 radical (unpaired) electrons. The molecule has 0 aliphatic heterocycles. The van der Waals surface area contributed by atoms with Crippen LogP contribution in [0.1, 0.15) is 37.3 Å². The molecule has 0 saturated carbocycles. The number of rotatable bonds is 8. The third-order valence-corrected chi connectivity index (χ3v) is 2.70. The fourth-order valence-electron chi connectivity index (χ4n) is 1.75. The van der Waals surface area contributed by atoms with Gasteiger partial charge in [-0.15, -0.1) is 0 Å². The molecule has 0 unspecified atom stereocenters. The lowest BCUT2D eigenvalue weighted by atomic mass is 10.0. The molecular formula is C15H22O2. The van der Waals surface area contributed by atoms with Crippen LogP contribution in [0.2, 0.25) is 0 Å². The van der Waals surface area contributed by atoms with Gasteiger partial charge >= 0.3 is 0 Å². The van der Waals surface area contributed by atoms with Crippen LogP contribution >= 0.6 is 0 Å². The number of hydrogen-bond donors (Lipinski definition) is 0. The first kappa shape index (κ1) is 13.8. The Balaban J connectivity index is 2.75. The van der Waals surface area contributed by atoms with Crippen molar-refractivity contribution in [3.63, 3.8) is 0 Å². The van der Waals surface area contributed by atoms with Gasteiger partial charge in [-0.05, 0) is 36.1 Å². The summed E-state index contributed by atoms with van der Waals surface area (Å²) < 4.78 is 10.5. The highest BCUT2D eigenvalue weighted by molar-refractivity contribution is 5.51. The summed E-state index contributed by atoms with van der Waals surface area (Å²) in [4.78, 5) is 0. The molecule has 94 valence electrons. The van der Waals surface area contributed by atoms with Gasteiger partial charge in [-0.1, -0.05) is 38.5 Å². The zero-order valence-corrected chi connectivity index (χ0v) is 10.9. The molecule has 0 spiro atoms. The van der Waals surface area contributed by atoms with Gasteiger partial charge in [-0.2, -0.15) is 0 Å². The van der Waals surface area contributed by atoms with Crippen LogP contribution in [0.25, 0.3) is 6.08 Å². The Kier molecular flexibility index (Phi) is 6.41. The standard InChI is InChI=1S/C15H22O2/c1-4-6-7-8-14-11-13(5-2)9-10-15(14)17-12-16-3/h5,9-11H,2,4,6-8,12H2,1,3H3. The van der Waals surface area contributed by atoms with Crippen LogP contribution < -0.4 is 4.74 Å². The van der Waals surface area contributed by atoms with E-state index < -0.39 is 0 Å². The predicted octanol–water partition coefficient (Wildman–Crippen LogP) is 4.05. The third kappa shape index (κ3) is 4.61. The van der Waals surface area contributed by atoms with Crippen LogP contribution in [0.15, 0.2) is 24.8 Å². The van der Waals surface area contributed by atoms with Gasteiger partial charge in [0.05, 0.1) is 0 Å². The Bertz CT molecular complexity index is 345. The smallest absolute Gasteiger partial charge is 0.188 e. The summed E-state index contributed by atoms with van der Waals surface area (Å²) in [6.45, 7) is 6.31. The van der Waals surface area contributed by atoms with E-state index in [2.05, 4.69) is 19.6 Å². The number of benzene rings is 1. The average molecular weight is 234 g/mol. The molecule has 0 aliphatic rings. The SMILES string of the molecule is C=Cc1ccc(OCOC)c(CCCCC)c1. The third-order valence-electron chi connectivity index (χ3n) is 2.70. The first-order valence-electron chi connectivity index (χ1n) is 6.19. The minimum atomic E-state index is 0.300. The minimum Gasteiger partial charge on any atom is -0.467 e. The van der Waals surface area contributed by atoms with E-state index in [4.69, 9.17) is 9.47 Å². The van der Waals surface area contributed by atoms with Crippen molar-refractivity contribution in [3.05, 3.63) is 35.9 Å². The molecule has 0 fully saturated rings. The molecule has 0 aliphatic carbocycles. The minimum absolute atomic E-state index is 0.300. The Morgan fingerprint density at radius 2 is 2.12 bits per heavy atom. The summed E-state index contributed by atoms with van der Waals surface area (Å²) in [6, 6.07) is 6.16. The summed E-state index contributed by atoms with van der Waals surface area (Å²) in [6.07, 6.45) is 6.59. The van der Waals surface area contributed by atoms with E-state index >= 15 is 0 Å². The topological polar surface area (TPSA) is 18.5 Å². The van der Waals surface area contributed by atoms with Gasteiger partial charge < -0.3 is 9.47 Å². The predicted molar refractivity (Wildman–Crippen MR) is 72.3 cm³/mol. The van der Waals surface area contributed by atoms with Gasteiger partial charge in [0.1, 0.15) is 5.75 Å². The van der Waals surface area contributed by atoms with Crippen LogP contribution in [0.5, 0.6) is 5.75 Å². The molecule has 1 aromatic rings. The molecular weight excluding hydrogens is 212 g/mol. The first-order chi connectivity index (χ1) is 8.31. The number of unbranched alkanes of at least 4 members (excludes halogenated alkanes) is 2. The zero-order chi connectivity index (χ0) is 12.5. The van der Waals surface area contributed by atoms with Crippen molar-refractivity contribution in [2.24, 2.45) is 0 Å². The molecule has 1 aromatic carbocycles. The highest BCUT2D eigenvalue weighted by Crippen LogP contribution is 2.23. The van der Waals surface area contributed by atoms with Crippen molar-refractivity contribution in [2.75, 3.05) is 13.9 Å². The van der Waals surface area contributed by atoms with Gasteiger partial charge in [-0.3, -0.25) is 0 Å². The van der Waals surface area contributed by atoms with E-state index in [9.17, 15) is 0 Å². The molecule has 2 nitrogen and oxygen atoms in total. The largest absolute Gasteiger partial charge is 0.467 e. The number of aryl methyl sites for hydroxylation is 1. The number of hydrogen-bond acceptors (Lipinski definition) is 2. The normalized spacial score (nSPS) is 10.2. The molecule has 0 amide bonds. The lowest BCUT2D eigenvalue weighted by Gasteiger charge is -2.11. The van der Waals surface area contributed by atoms with Gasteiger partial charge in [0, 0.05) is 7.11 Å². The van der Waals surface area contributed by atoms with Gasteiger partial charge in [-0.25, -0.2) is 0 Å². The maximum absolute atomic E-state index is 5.56. The maximum Gasteiger partial charge on any atom is 0.188 e. The Morgan fingerprint density at radius 3 is 2.76 bits per heavy atom. The second-order valence-electron chi connectivity index (χ2n) is 4.08. The summed E-state index contributed by atoms with van der Waals surface area (Å²) in [5.41, 5.74) is 2.38. The maximum atomic E-state index is 5.56. The van der Waals surface area contributed by atoms with Crippen molar-refractivity contribution in [1.29, 1.82) is 0 Å². The molecule has 1 rings (SSSR count). The van der Waals surface area contributed by atoms with Crippen molar-refractivity contribution in [1.82, 2.24) is 0 Å². The van der Waals surface area contributed by atoms with Crippen molar-refractivity contribution < 1.29 is 9.47 Å². The molecule has 0 aromatic heterocycles. The van der Waals surface area contributed by atoms with Gasteiger partial charge in [0.15, 0.2) is 6.79 Å². The van der Waals surface area contributed by atoms with Crippen LogP contribution in [-0.4, -0.2) is 13.9 Å². The molecule has 0 atom stereocenters. The first-order valence-corrected chi connectivity index (χ1v) is 6.19. The average Bonchev–Trinajstić information content (AvgIpc) is 2.37. The van der Waals surface area contributed by atoms with E-state index in [1.54, 1.807) is 7.11 Å². The Morgan fingerprint density at radius 1 is 1.29 bits per heavy atom. The van der Waals surface area contributed by atoms with Gasteiger partial charge in [0.2, 0.25) is 0 Å². The summed E-state index contributed by atoms with van der Waals surface area (Å²) >= 11 is 0. The Hall–Kier alpha value is -1.28. The molecule has 2 heteroatoms. The molecule has 0 saturated heterocycles. The van der Waals surface area contributed by atoms with E-state index in [0.29, 0.717) is 6.79 Å². The fourth-order valence-corrected chi connectivity index (χ4v) is 1.75. The highest BCUT2D eigenvalue weighted by Gasteiger charge is 2.04. The molecule has 0 N–H and O–H groups in total. The van der Waals surface area contributed by atoms with Crippen LogP contribution in [0, 0.1) is 0 Å². The zero-order valence-electron chi connectivity index (χ0n) is 10.9. The van der Waals surface area contributed by atoms with Crippen LogP contribution in [0.4, 0.5) is 0 Å². The van der Waals surface area contributed by atoms with Crippen LogP contribution in [0.3, 0.4) is 0 Å². The quantitative estimate of drug-likeness (QED) is 0.499. The summed E-state index contributed by atoms with van der Waals surface area (Å²) in [7, 11) is 1.63. The van der Waals surface area contributed by atoms with Crippen molar-refractivity contribution in [3.8, 4) is 5.75 Å². The number of ether oxygens (including phenoxy) is 2. The fraction of sp³-hybridized carbons (Fsp3) is 0.467. The van der Waals surface area contributed by atoms with Crippen LogP contribution in [-0.2, 0) is 11.2 Å². The van der Waals surface area contributed by atoms with E-state index in [1.807, 2.05) is 18.2 Å². The van der Waals surface area contributed by atoms with Crippen molar-refractivity contribution in [2.45, 2.75) is 32.6 Å². The van der Waals surface area contributed by atoms with E-state index in [-0.39, 0.29) is 0 Å². The Labute approximate surface area is 104 Å². The van der Waals surface area contributed by atoms with Crippen molar-refractivity contribution >= 4 is 6.08 Å². The molecule has 17 heavy (non-hydrogen) atoms. The monoisotopic (exact) mass is 234 g/mol. The second kappa shape index (κ2) is 7.91. The molecule has 0 heterocycles. The highest BCUT2D eigenvalue weighted by atomic mass is 16.7. The number of methoxy groups -OCH3 is 1.